The lowest BCUT2D eigenvalue weighted by Crippen LogP contribution is -2.27. The number of nitrogens with zero attached hydrogens (tertiary/aromatic N) is 1. The zero-order valence-electron chi connectivity index (χ0n) is 9.77. The van der Waals surface area contributed by atoms with Gasteiger partial charge in [-0.3, -0.25) is 4.79 Å². The van der Waals surface area contributed by atoms with Crippen LogP contribution in [0.15, 0.2) is 16.6 Å². The van der Waals surface area contributed by atoms with Gasteiger partial charge in [0.05, 0.1) is 15.7 Å². The maximum atomic E-state index is 13.4. The van der Waals surface area contributed by atoms with E-state index in [1.54, 1.807) is 0 Å². The molecule has 1 unspecified atom stereocenters. The number of carbonyl (C=O) groups is 2. The first-order valence-electron chi connectivity index (χ1n) is 5.57. The van der Waals surface area contributed by atoms with E-state index in [1.807, 2.05) is 0 Å². The summed E-state index contributed by atoms with van der Waals surface area (Å²) in [4.78, 5) is 24.2. The molecule has 0 spiro atoms. The summed E-state index contributed by atoms with van der Waals surface area (Å²) in [5.41, 5.74) is -0.130. The van der Waals surface area contributed by atoms with Gasteiger partial charge >= 0.3 is 5.97 Å². The van der Waals surface area contributed by atoms with Gasteiger partial charge in [0.1, 0.15) is 5.82 Å². The van der Waals surface area contributed by atoms with E-state index in [-0.39, 0.29) is 47.1 Å². The summed E-state index contributed by atoms with van der Waals surface area (Å²) >= 11 is 2.97. The van der Waals surface area contributed by atoms with Gasteiger partial charge in [-0.1, -0.05) is 0 Å². The molecule has 1 heterocycles. The topological polar surface area (TPSA) is 77.8 Å². The molecule has 1 aromatic rings. The summed E-state index contributed by atoms with van der Waals surface area (Å²) in [5.74, 6) is -2.51. The molecule has 2 N–H and O–H groups in total. The maximum absolute atomic E-state index is 13.4. The second-order valence-electron chi connectivity index (χ2n) is 4.35. The number of amides is 1. The Morgan fingerprint density at radius 3 is 2.74 bits per heavy atom. The smallest absolute Gasteiger partial charge is 0.337 e. The van der Waals surface area contributed by atoms with E-state index in [2.05, 4.69) is 15.9 Å². The molecule has 1 aliphatic heterocycles. The molecule has 1 fully saturated rings. The van der Waals surface area contributed by atoms with Crippen LogP contribution in [0, 0.1) is 11.7 Å². The fraction of sp³-hybridized carbons (Fsp3) is 0.333. The molecule has 19 heavy (non-hydrogen) atoms. The highest BCUT2D eigenvalue weighted by Gasteiger charge is 2.32. The van der Waals surface area contributed by atoms with E-state index >= 15 is 0 Å². The van der Waals surface area contributed by atoms with Gasteiger partial charge in [0.15, 0.2) is 0 Å². The molecule has 0 saturated carbocycles. The number of carbonyl (C=O) groups excluding carboxylic acids is 1. The molecule has 0 aliphatic carbocycles. The van der Waals surface area contributed by atoms with Gasteiger partial charge in [0.25, 0.3) is 0 Å². The second-order valence-corrected chi connectivity index (χ2v) is 5.20. The average Bonchev–Trinajstić information content (AvgIpc) is 2.73. The Labute approximate surface area is 116 Å². The lowest BCUT2D eigenvalue weighted by Gasteiger charge is -2.19. The van der Waals surface area contributed by atoms with Crippen LogP contribution in [0.4, 0.5) is 10.1 Å². The highest BCUT2D eigenvalue weighted by atomic mass is 79.9. The first-order chi connectivity index (χ1) is 8.93. The fourth-order valence-corrected chi connectivity index (χ4v) is 2.40. The van der Waals surface area contributed by atoms with Crippen LogP contribution in [-0.2, 0) is 4.79 Å². The number of benzene rings is 1. The largest absolute Gasteiger partial charge is 0.478 e. The second kappa shape index (κ2) is 5.26. The molecular weight excluding hydrogens is 321 g/mol. The van der Waals surface area contributed by atoms with Gasteiger partial charge in [-0.2, -0.15) is 0 Å². The van der Waals surface area contributed by atoms with Crippen LogP contribution < -0.4 is 4.90 Å². The van der Waals surface area contributed by atoms with Crippen molar-refractivity contribution < 1.29 is 24.2 Å². The van der Waals surface area contributed by atoms with Gasteiger partial charge in [-0.05, 0) is 28.1 Å². The van der Waals surface area contributed by atoms with Crippen molar-refractivity contribution in [1.29, 1.82) is 0 Å². The number of hydrogen-bond donors (Lipinski definition) is 2. The summed E-state index contributed by atoms with van der Waals surface area (Å²) in [6.45, 7) is 0.0840. The summed E-state index contributed by atoms with van der Waals surface area (Å²) in [6.07, 6.45) is 0.157. The van der Waals surface area contributed by atoms with E-state index < -0.39 is 11.8 Å². The predicted octanol–water partition coefficient (Wildman–Crippen LogP) is 1.63. The monoisotopic (exact) mass is 331 g/mol. The van der Waals surface area contributed by atoms with Crippen molar-refractivity contribution in [3.05, 3.63) is 28.0 Å². The number of halogens is 2. The van der Waals surface area contributed by atoms with Crippen LogP contribution >= 0.6 is 15.9 Å². The Balaban J connectivity index is 2.47. The first kappa shape index (κ1) is 14.0. The number of anilines is 1. The Kier molecular flexibility index (Phi) is 3.86. The molecule has 1 atom stereocenters. The van der Waals surface area contributed by atoms with E-state index in [9.17, 15) is 14.0 Å². The van der Waals surface area contributed by atoms with Crippen molar-refractivity contribution in [1.82, 2.24) is 0 Å². The highest BCUT2D eigenvalue weighted by Crippen LogP contribution is 2.32. The van der Waals surface area contributed by atoms with Crippen molar-refractivity contribution >= 4 is 33.5 Å². The van der Waals surface area contributed by atoms with Crippen LogP contribution in [0.5, 0.6) is 0 Å². The van der Waals surface area contributed by atoms with Gasteiger partial charge in [-0.25, -0.2) is 9.18 Å². The molecule has 102 valence electrons. The Bertz CT molecular complexity index is 549. The highest BCUT2D eigenvalue weighted by molar-refractivity contribution is 9.10. The van der Waals surface area contributed by atoms with Crippen LogP contribution in [0.3, 0.4) is 0 Å². The molecule has 7 heteroatoms. The zero-order valence-corrected chi connectivity index (χ0v) is 11.4. The number of aliphatic hydroxyl groups excluding tert-OH is 1. The van der Waals surface area contributed by atoms with Crippen LogP contribution in [0.2, 0.25) is 0 Å². The fourth-order valence-electron chi connectivity index (χ4n) is 2.07. The first-order valence-corrected chi connectivity index (χ1v) is 6.37. The van der Waals surface area contributed by atoms with Crippen LogP contribution in [-0.4, -0.2) is 35.2 Å². The molecule has 1 saturated heterocycles. The Morgan fingerprint density at radius 2 is 2.21 bits per heavy atom. The van der Waals surface area contributed by atoms with Crippen molar-refractivity contribution in [2.24, 2.45) is 5.92 Å². The quantitative estimate of drug-likeness (QED) is 0.882. The van der Waals surface area contributed by atoms with Gasteiger partial charge in [0.2, 0.25) is 5.91 Å². The van der Waals surface area contributed by atoms with Gasteiger partial charge in [0, 0.05) is 25.5 Å². The number of hydrogen-bond acceptors (Lipinski definition) is 3. The molecule has 2 rings (SSSR count). The predicted molar refractivity (Wildman–Crippen MR) is 68.6 cm³/mol. The van der Waals surface area contributed by atoms with E-state index in [4.69, 9.17) is 10.2 Å². The lowest BCUT2D eigenvalue weighted by atomic mass is 10.1. The molecule has 1 aromatic carbocycles. The van der Waals surface area contributed by atoms with E-state index in [0.717, 1.165) is 6.07 Å². The molecule has 0 bridgehead atoms. The number of carboxylic acid groups (broad SMARTS) is 1. The molecule has 0 radical (unpaired) electrons. The summed E-state index contributed by atoms with van der Waals surface area (Å²) < 4.78 is 13.5. The van der Waals surface area contributed by atoms with Gasteiger partial charge < -0.3 is 15.1 Å². The minimum atomic E-state index is -1.30. The third-order valence-electron chi connectivity index (χ3n) is 3.02. The third-order valence-corrected chi connectivity index (χ3v) is 3.63. The molecule has 0 aromatic heterocycles. The van der Waals surface area contributed by atoms with Crippen LogP contribution in [0.1, 0.15) is 16.8 Å². The number of aromatic carboxylic acids is 1. The Hall–Kier alpha value is -1.47. The average molecular weight is 332 g/mol. The summed E-state index contributed by atoms with van der Waals surface area (Å²) in [6, 6.07) is 2.15. The number of rotatable bonds is 3. The van der Waals surface area contributed by atoms with Crippen molar-refractivity contribution in [3.8, 4) is 0 Å². The van der Waals surface area contributed by atoms with Crippen molar-refractivity contribution in [2.45, 2.75) is 6.42 Å². The van der Waals surface area contributed by atoms with Crippen molar-refractivity contribution in [3.63, 3.8) is 0 Å². The number of aliphatic hydroxyl groups is 1. The standard InChI is InChI=1S/C12H11BrFNO4/c13-8-3-10(7(12(18)19)2-9(8)14)15-4-6(5-16)1-11(15)17/h2-3,6,16H,1,4-5H2,(H,18,19). The maximum Gasteiger partial charge on any atom is 0.337 e. The molecular formula is C12H11BrFNO4. The van der Waals surface area contributed by atoms with Crippen molar-refractivity contribution in [2.75, 3.05) is 18.1 Å². The zero-order chi connectivity index (χ0) is 14.2. The number of carboxylic acids is 1. The van der Waals surface area contributed by atoms with E-state index in [1.165, 1.54) is 11.0 Å². The van der Waals surface area contributed by atoms with E-state index in [0.29, 0.717) is 0 Å². The van der Waals surface area contributed by atoms with Gasteiger partial charge in [-0.15, -0.1) is 0 Å². The Morgan fingerprint density at radius 1 is 1.53 bits per heavy atom. The summed E-state index contributed by atoms with van der Waals surface area (Å²) in [7, 11) is 0. The SMILES string of the molecule is O=C(O)c1cc(F)c(Br)cc1N1CC(CO)CC1=O. The third kappa shape index (κ3) is 2.62. The van der Waals surface area contributed by atoms with Crippen LogP contribution in [0.25, 0.3) is 0 Å². The minimum Gasteiger partial charge on any atom is -0.478 e. The summed E-state index contributed by atoms with van der Waals surface area (Å²) in [5, 5.41) is 18.1. The lowest BCUT2D eigenvalue weighted by molar-refractivity contribution is -0.117. The normalized spacial score (nSPS) is 19.0. The molecule has 1 amide bonds. The minimum absolute atomic E-state index is 0.0905. The molecule has 1 aliphatic rings. The molecule has 5 nitrogen and oxygen atoms in total.